The van der Waals surface area contributed by atoms with Crippen LogP contribution in [-0.4, -0.2) is 25.6 Å². The van der Waals surface area contributed by atoms with E-state index in [1.807, 2.05) is 0 Å². The Morgan fingerprint density at radius 1 is 0.487 bits per heavy atom. The average Bonchev–Trinajstić information content (AvgIpc) is 2.96. The number of hydrogen-bond donors (Lipinski definition) is 0. The molecule has 0 saturated carbocycles. The molecule has 0 amide bonds. The number of hydrogen-bond acceptors (Lipinski definition) is 3. The largest absolute Gasteiger partial charge is 0.374 e. The van der Waals surface area contributed by atoms with Gasteiger partial charge in [-0.05, 0) is 44.6 Å². The molecule has 0 aliphatic carbocycles. The zero-order valence-electron chi connectivity index (χ0n) is 26.4. The van der Waals surface area contributed by atoms with E-state index in [9.17, 15) is 0 Å². The highest BCUT2D eigenvalue weighted by atomic mass is 16.7. The van der Waals surface area contributed by atoms with Gasteiger partial charge in [0.15, 0.2) is 6.29 Å². The molecule has 0 radical (unpaired) electrons. The topological polar surface area (TPSA) is 27.7 Å². The Labute approximate surface area is 244 Å². The summed E-state index contributed by atoms with van der Waals surface area (Å²) in [6.07, 6.45) is 28.9. The minimum atomic E-state index is -0.00719. The first kappa shape index (κ1) is 36.1. The third-order valence-electron chi connectivity index (χ3n) is 7.78. The van der Waals surface area contributed by atoms with Crippen molar-refractivity contribution < 1.29 is 14.2 Å². The van der Waals surface area contributed by atoms with Gasteiger partial charge < -0.3 is 14.2 Å². The van der Waals surface area contributed by atoms with Gasteiger partial charge in [0.1, 0.15) is 0 Å². The van der Waals surface area contributed by atoms with Crippen LogP contribution in [0.25, 0.3) is 0 Å². The number of rotatable bonds is 30. The number of unbranched alkanes of at least 4 members (excludes halogenated alkanes) is 17. The van der Waals surface area contributed by atoms with Crippen LogP contribution in [0.5, 0.6) is 0 Å². The summed E-state index contributed by atoms with van der Waals surface area (Å²) >= 11 is 0. The predicted octanol–water partition coefficient (Wildman–Crippen LogP) is 11.6. The van der Waals surface area contributed by atoms with E-state index >= 15 is 0 Å². The molecule has 0 aromatic heterocycles. The summed E-state index contributed by atoms with van der Waals surface area (Å²) in [4.78, 5) is 0. The van der Waals surface area contributed by atoms with Crippen molar-refractivity contribution in [3.05, 3.63) is 35.9 Å². The van der Waals surface area contributed by atoms with Crippen molar-refractivity contribution in [2.24, 2.45) is 0 Å². The Kier molecular flexibility index (Phi) is 26.5. The average molecular weight is 547 g/mol. The van der Waals surface area contributed by atoms with Gasteiger partial charge in [-0.2, -0.15) is 0 Å². The van der Waals surface area contributed by atoms with E-state index in [4.69, 9.17) is 14.2 Å². The lowest BCUT2D eigenvalue weighted by Gasteiger charge is -2.19. The van der Waals surface area contributed by atoms with Gasteiger partial charge in [-0.3, -0.25) is 0 Å². The summed E-state index contributed by atoms with van der Waals surface area (Å²) in [5.74, 6) is 0. The number of benzene rings is 1. The van der Waals surface area contributed by atoms with Crippen LogP contribution in [0.15, 0.2) is 30.3 Å². The Morgan fingerprint density at radius 2 is 0.923 bits per heavy atom. The molecule has 228 valence electrons. The van der Waals surface area contributed by atoms with Crippen LogP contribution >= 0.6 is 0 Å². The fourth-order valence-electron chi connectivity index (χ4n) is 5.11. The molecule has 3 heteroatoms. The van der Waals surface area contributed by atoms with Gasteiger partial charge >= 0.3 is 0 Å². The molecule has 0 fully saturated rings. The van der Waals surface area contributed by atoms with Crippen molar-refractivity contribution in [2.45, 2.75) is 181 Å². The van der Waals surface area contributed by atoms with E-state index in [-0.39, 0.29) is 6.29 Å². The van der Waals surface area contributed by atoms with E-state index in [2.05, 4.69) is 51.1 Å². The summed E-state index contributed by atoms with van der Waals surface area (Å²) in [5, 5.41) is 0. The van der Waals surface area contributed by atoms with Gasteiger partial charge in [-0.1, -0.05) is 153 Å². The van der Waals surface area contributed by atoms with Crippen molar-refractivity contribution >= 4 is 0 Å². The molecule has 0 N–H and O–H groups in total. The lowest BCUT2D eigenvalue weighted by atomic mass is 10.1. The highest BCUT2D eigenvalue weighted by Gasteiger charge is 2.10. The molecule has 1 aromatic carbocycles. The molecule has 1 atom stereocenters. The zero-order valence-corrected chi connectivity index (χ0v) is 26.4. The van der Waals surface area contributed by atoms with Crippen LogP contribution in [0.4, 0.5) is 0 Å². The zero-order chi connectivity index (χ0) is 28.1. The summed E-state index contributed by atoms with van der Waals surface area (Å²) in [6.45, 7) is 9.20. The highest BCUT2D eigenvalue weighted by Crippen LogP contribution is 2.16. The van der Waals surface area contributed by atoms with E-state index in [0.717, 1.165) is 32.7 Å². The minimum absolute atomic E-state index is 0.00719. The Hall–Kier alpha value is -0.900. The van der Waals surface area contributed by atoms with Gasteiger partial charge in [-0.25, -0.2) is 0 Å². The molecule has 1 unspecified atom stereocenters. The first-order chi connectivity index (χ1) is 19.3. The SMILES string of the molecule is CCCCCCCCCCOC(CCCCCCC(C)OCc1ccccc1)OCCCCCCCCCC. The molecule has 0 aliphatic heterocycles. The lowest BCUT2D eigenvalue weighted by Crippen LogP contribution is -2.19. The fourth-order valence-corrected chi connectivity index (χ4v) is 5.11. The molecule has 1 aromatic rings. The third kappa shape index (κ3) is 24.6. The molecule has 0 aliphatic rings. The summed E-state index contributed by atoms with van der Waals surface area (Å²) in [5.41, 5.74) is 1.26. The van der Waals surface area contributed by atoms with E-state index in [1.54, 1.807) is 0 Å². The standard InChI is InChI=1S/C36H66O3/c1-4-6-8-10-12-14-18-25-31-37-36(38-32-26-19-15-13-11-9-7-5-2)30-24-17-16-21-27-34(3)39-33-35-28-22-20-23-29-35/h20,22-23,28-29,34,36H,4-19,21,24-27,30-33H2,1-3H3. The smallest absolute Gasteiger partial charge is 0.157 e. The Bertz CT molecular complexity index is 568. The second kappa shape index (κ2) is 28.6. The normalized spacial score (nSPS) is 12.4. The van der Waals surface area contributed by atoms with E-state index in [0.29, 0.717) is 6.10 Å². The van der Waals surface area contributed by atoms with Crippen molar-refractivity contribution in [1.29, 1.82) is 0 Å². The van der Waals surface area contributed by atoms with Crippen molar-refractivity contribution in [3.63, 3.8) is 0 Å². The van der Waals surface area contributed by atoms with Crippen LogP contribution in [0.2, 0.25) is 0 Å². The molecule has 3 nitrogen and oxygen atoms in total. The molecular weight excluding hydrogens is 480 g/mol. The van der Waals surface area contributed by atoms with Gasteiger partial charge in [0.25, 0.3) is 0 Å². The van der Waals surface area contributed by atoms with Crippen LogP contribution in [0.3, 0.4) is 0 Å². The molecular formula is C36H66O3. The summed E-state index contributed by atoms with van der Waals surface area (Å²) in [6, 6.07) is 10.5. The van der Waals surface area contributed by atoms with Crippen molar-refractivity contribution in [2.75, 3.05) is 13.2 Å². The van der Waals surface area contributed by atoms with Crippen molar-refractivity contribution in [1.82, 2.24) is 0 Å². The second-order valence-corrected chi connectivity index (χ2v) is 11.7. The maximum atomic E-state index is 6.24. The maximum absolute atomic E-state index is 6.24. The van der Waals surface area contributed by atoms with Crippen LogP contribution in [0, 0.1) is 0 Å². The van der Waals surface area contributed by atoms with Gasteiger partial charge in [-0.15, -0.1) is 0 Å². The second-order valence-electron chi connectivity index (χ2n) is 11.7. The monoisotopic (exact) mass is 547 g/mol. The molecule has 0 spiro atoms. The van der Waals surface area contributed by atoms with Crippen LogP contribution in [-0.2, 0) is 20.8 Å². The quantitative estimate of drug-likeness (QED) is 0.0709. The molecule has 1 rings (SSSR count). The Balaban J connectivity index is 2.14. The van der Waals surface area contributed by atoms with Gasteiger partial charge in [0.2, 0.25) is 0 Å². The Morgan fingerprint density at radius 3 is 1.44 bits per heavy atom. The summed E-state index contributed by atoms with van der Waals surface area (Å²) in [7, 11) is 0. The first-order valence-electron chi connectivity index (χ1n) is 17.1. The molecule has 0 saturated heterocycles. The van der Waals surface area contributed by atoms with Gasteiger partial charge in [0.05, 0.1) is 12.7 Å². The number of ether oxygens (including phenoxy) is 3. The minimum Gasteiger partial charge on any atom is -0.374 e. The van der Waals surface area contributed by atoms with Crippen LogP contribution < -0.4 is 0 Å². The molecule has 39 heavy (non-hydrogen) atoms. The fraction of sp³-hybridized carbons (Fsp3) is 0.833. The lowest BCUT2D eigenvalue weighted by molar-refractivity contribution is -0.148. The summed E-state index contributed by atoms with van der Waals surface area (Å²) < 4.78 is 18.5. The maximum Gasteiger partial charge on any atom is 0.157 e. The van der Waals surface area contributed by atoms with E-state index in [1.165, 1.54) is 134 Å². The van der Waals surface area contributed by atoms with Crippen molar-refractivity contribution in [3.8, 4) is 0 Å². The molecule has 0 bridgehead atoms. The molecule has 0 heterocycles. The first-order valence-corrected chi connectivity index (χ1v) is 17.1. The van der Waals surface area contributed by atoms with Gasteiger partial charge in [0, 0.05) is 13.2 Å². The third-order valence-corrected chi connectivity index (χ3v) is 7.78. The predicted molar refractivity (Wildman–Crippen MR) is 169 cm³/mol. The van der Waals surface area contributed by atoms with Crippen LogP contribution in [0.1, 0.15) is 168 Å². The van der Waals surface area contributed by atoms with E-state index < -0.39 is 0 Å². The highest BCUT2D eigenvalue weighted by molar-refractivity contribution is 5.13.